The van der Waals surface area contributed by atoms with Crippen molar-refractivity contribution in [2.45, 2.75) is 19.8 Å². The second-order valence-corrected chi connectivity index (χ2v) is 7.36. The molecule has 0 unspecified atom stereocenters. The van der Waals surface area contributed by atoms with E-state index in [0.29, 0.717) is 22.9 Å². The Bertz CT molecular complexity index is 1030. The van der Waals surface area contributed by atoms with Crippen LogP contribution in [0.15, 0.2) is 72.8 Å². The molecule has 3 rings (SSSR count). The molecule has 0 aliphatic rings. The van der Waals surface area contributed by atoms with Gasteiger partial charge in [-0.2, -0.15) is 0 Å². The number of carbonyl (C=O) groups excluding carboxylic acids is 2. The Morgan fingerprint density at radius 2 is 1.74 bits per heavy atom. The number of hydrogen-bond donors (Lipinski definition) is 0. The van der Waals surface area contributed by atoms with Gasteiger partial charge in [-0.05, 0) is 67.3 Å². The maximum atomic E-state index is 12.3. The molecule has 0 aliphatic carbocycles. The number of hydrogen-bond acceptors (Lipinski definition) is 5. The molecule has 0 atom stereocenters. The van der Waals surface area contributed by atoms with Crippen molar-refractivity contribution < 1.29 is 23.8 Å². The average Bonchev–Trinajstić information content (AvgIpc) is 2.77. The molecule has 0 spiro atoms. The van der Waals surface area contributed by atoms with Crippen LogP contribution in [0.25, 0.3) is 0 Å². The molecule has 0 aliphatic heterocycles. The maximum Gasteiger partial charge on any atom is 0.349 e. The van der Waals surface area contributed by atoms with Gasteiger partial charge in [0.25, 0.3) is 0 Å². The molecule has 0 saturated heterocycles. The number of ether oxygens (including phenoxy) is 3. The first-order valence-electron chi connectivity index (χ1n) is 9.92. The summed E-state index contributed by atoms with van der Waals surface area (Å²) in [6.45, 7) is 1.88. The zero-order valence-corrected chi connectivity index (χ0v) is 17.9. The predicted octanol–water partition coefficient (Wildman–Crippen LogP) is 5.42. The quantitative estimate of drug-likeness (QED) is 0.253. The van der Waals surface area contributed by atoms with Crippen molar-refractivity contribution in [3.8, 4) is 11.5 Å². The summed E-state index contributed by atoms with van der Waals surface area (Å²) < 4.78 is 16.1. The molecule has 0 amide bonds. The smallest absolute Gasteiger partial charge is 0.349 e. The minimum Gasteiger partial charge on any atom is -0.482 e. The van der Waals surface area contributed by atoms with Crippen LogP contribution >= 0.6 is 11.6 Å². The maximum absolute atomic E-state index is 12.3. The van der Waals surface area contributed by atoms with Crippen LogP contribution in [-0.4, -0.2) is 25.2 Å². The van der Waals surface area contributed by atoms with Gasteiger partial charge in [-0.25, -0.2) is 9.59 Å². The number of carbonyl (C=O) groups is 2. The van der Waals surface area contributed by atoms with Crippen molar-refractivity contribution in [1.82, 2.24) is 0 Å². The van der Waals surface area contributed by atoms with Crippen LogP contribution in [0.3, 0.4) is 0 Å². The first kappa shape index (κ1) is 22.4. The Morgan fingerprint density at radius 1 is 0.935 bits per heavy atom. The minimum absolute atomic E-state index is 0.250. The van der Waals surface area contributed by atoms with Crippen LogP contribution in [0.1, 0.15) is 27.9 Å². The second kappa shape index (κ2) is 11.2. The molecule has 0 bridgehead atoms. The molecule has 6 heteroatoms. The molecular weight excluding hydrogens is 416 g/mol. The Labute approximate surface area is 186 Å². The topological polar surface area (TPSA) is 61.8 Å². The lowest BCUT2D eigenvalue weighted by molar-refractivity contribution is -0.136. The van der Waals surface area contributed by atoms with Crippen molar-refractivity contribution in [2.75, 3.05) is 13.2 Å². The molecule has 3 aromatic rings. The van der Waals surface area contributed by atoms with Crippen molar-refractivity contribution in [2.24, 2.45) is 0 Å². The summed E-state index contributed by atoms with van der Waals surface area (Å²) in [5, 5.41) is 0.594. The fraction of sp³-hybridized carbons (Fsp3) is 0.200. The normalized spacial score (nSPS) is 10.4. The van der Waals surface area contributed by atoms with E-state index in [2.05, 4.69) is 0 Å². The van der Waals surface area contributed by atoms with Crippen LogP contribution in [0.4, 0.5) is 0 Å². The van der Waals surface area contributed by atoms with E-state index in [1.165, 1.54) is 11.6 Å². The third-order valence-electron chi connectivity index (χ3n) is 4.47. The summed E-state index contributed by atoms with van der Waals surface area (Å²) >= 11 is 5.91. The molecule has 0 radical (unpaired) electrons. The summed E-state index contributed by atoms with van der Waals surface area (Å²) in [6, 6.07) is 21.5. The zero-order valence-electron chi connectivity index (χ0n) is 17.2. The van der Waals surface area contributed by atoms with Crippen molar-refractivity contribution in [3.63, 3.8) is 0 Å². The molecule has 0 N–H and O–H groups in total. The Morgan fingerprint density at radius 3 is 2.52 bits per heavy atom. The van der Waals surface area contributed by atoms with Gasteiger partial charge in [0.1, 0.15) is 11.5 Å². The van der Waals surface area contributed by atoms with Gasteiger partial charge >= 0.3 is 11.9 Å². The standard InChI is InChI=1S/C25H23ClO5/c1-18-15-21(26)12-13-23(18)30-17-24(27)31-22-11-5-10-20(16-22)25(28)29-14-6-9-19-7-3-2-4-8-19/h2-5,7-8,10-13,15-16H,6,9,14,17H2,1H3. The van der Waals surface area contributed by atoms with Gasteiger partial charge in [0.05, 0.1) is 12.2 Å². The molecule has 3 aromatic carbocycles. The summed E-state index contributed by atoms with van der Waals surface area (Å²) in [5.41, 5.74) is 2.33. The highest BCUT2D eigenvalue weighted by Gasteiger charge is 2.12. The lowest BCUT2D eigenvalue weighted by atomic mass is 10.1. The van der Waals surface area contributed by atoms with E-state index in [4.69, 9.17) is 25.8 Å². The van der Waals surface area contributed by atoms with Crippen molar-refractivity contribution in [1.29, 1.82) is 0 Å². The van der Waals surface area contributed by atoms with E-state index in [0.717, 1.165) is 18.4 Å². The van der Waals surface area contributed by atoms with E-state index < -0.39 is 11.9 Å². The van der Waals surface area contributed by atoms with Crippen LogP contribution in [0.5, 0.6) is 11.5 Å². The lowest BCUT2D eigenvalue weighted by Crippen LogP contribution is -2.18. The summed E-state index contributed by atoms with van der Waals surface area (Å²) in [5.74, 6) is -0.240. The molecule has 160 valence electrons. The molecule has 0 fully saturated rings. The van der Waals surface area contributed by atoms with Gasteiger partial charge in [-0.1, -0.05) is 48.0 Å². The van der Waals surface area contributed by atoms with E-state index in [9.17, 15) is 9.59 Å². The number of rotatable bonds is 9. The molecule has 0 heterocycles. The minimum atomic E-state index is -0.581. The molecule has 0 saturated carbocycles. The fourth-order valence-corrected chi connectivity index (χ4v) is 3.15. The first-order chi connectivity index (χ1) is 15.0. The van der Waals surface area contributed by atoms with Gasteiger partial charge in [-0.15, -0.1) is 0 Å². The van der Waals surface area contributed by atoms with E-state index in [-0.39, 0.29) is 12.4 Å². The van der Waals surface area contributed by atoms with Crippen LogP contribution in [-0.2, 0) is 16.0 Å². The van der Waals surface area contributed by atoms with Crippen LogP contribution in [0, 0.1) is 6.92 Å². The van der Waals surface area contributed by atoms with Gasteiger partial charge in [0.15, 0.2) is 6.61 Å². The van der Waals surface area contributed by atoms with Gasteiger partial charge in [-0.3, -0.25) is 0 Å². The Kier molecular flexibility index (Phi) is 8.07. The third-order valence-corrected chi connectivity index (χ3v) is 4.70. The number of halogens is 1. The zero-order chi connectivity index (χ0) is 22.1. The average molecular weight is 439 g/mol. The number of esters is 2. The monoisotopic (exact) mass is 438 g/mol. The summed E-state index contributed by atoms with van der Waals surface area (Å²) in [6.07, 6.45) is 1.56. The SMILES string of the molecule is Cc1cc(Cl)ccc1OCC(=O)Oc1cccc(C(=O)OCCCc2ccccc2)c1. The summed E-state index contributed by atoms with van der Waals surface area (Å²) in [4.78, 5) is 24.4. The van der Waals surface area contributed by atoms with Gasteiger partial charge in [0, 0.05) is 5.02 Å². The molecule has 0 aromatic heterocycles. The van der Waals surface area contributed by atoms with E-state index in [1.54, 1.807) is 36.4 Å². The van der Waals surface area contributed by atoms with Gasteiger partial charge in [0.2, 0.25) is 0 Å². The molecular formula is C25H23ClO5. The highest BCUT2D eigenvalue weighted by molar-refractivity contribution is 6.30. The van der Waals surface area contributed by atoms with Crippen molar-refractivity contribution in [3.05, 3.63) is 94.5 Å². The van der Waals surface area contributed by atoms with Crippen LogP contribution in [0.2, 0.25) is 5.02 Å². The van der Waals surface area contributed by atoms with Gasteiger partial charge < -0.3 is 14.2 Å². The summed E-state index contributed by atoms with van der Waals surface area (Å²) in [7, 11) is 0. The first-order valence-corrected chi connectivity index (χ1v) is 10.3. The third kappa shape index (κ3) is 7.15. The lowest BCUT2D eigenvalue weighted by Gasteiger charge is -2.10. The highest BCUT2D eigenvalue weighted by atomic mass is 35.5. The number of aryl methyl sites for hydroxylation is 2. The Hall–Kier alpha value is -3.31. The Balaban J connectivity index is 1.46. The van der Waals surface area contributed by atoms with Crippen molar-refractivity contribution >= 4 is 23.5 Å². The highest BCUT2D eigenvalue weighted by Crippen LogP contribution is 2.22. The molecule has 31 heavy (non-hydrogen) atoms. The fourth-order valence-electron chi connectivity index (χ4n) is 2.93. The van der Waals surface area contributed by atoms with E-state index >= 15 is 0 Å². The largest absolute Gasteiger partial charge is 0.482 e. The predicted molar refractivity (Wildman–Crippen MR) is 119 cm³/mol. The molecule has 5 nitrogen and oxygen atoms in total. The van der Waals surface area contributed by atoms with Crippen LogP contribution < -0.4 is 9.47 Å². The van der Waals surface area contributed by atoms with E-state index in [1.807, 2.05) is 37.3 Å². The number of benzene rings is 3. The second-order valence-electron chi connectivity index (χ2n) is 6.93.